The number of nitrogens with zero attached hydrogens (tertiary/aromatic N) is 2. The number of nitrogen functional groups attached to an aromatic ring is 1. The third-order valence-electron chi connectivity index (χ3n) is 3.51. The van der Waals surface area contributed by atoms with Gasteiger partial charge in [0.25, 0.3) is 0 Å². The molecule has 1 aromatic heterocycles. The van der Waals surface area contributed by atoms with Crippen molar-refractivity contribution >= 4 is 23.4 Å². The average Bonchev–Trinajstić information content (AvgIpc) is 2.46. The third kappa shape index (κ3) is 2.81. The van der Waals surface area contributed by atoms with E-state index in [1.807, 2.05) is 4.90 Å². The summed E-state index contributed by atoms with van der Waals surface area (Å²) < 4.78 is 0. The first-order valence-corrected chi connectivity index (χ1v) is 6.48. The Morgan fingerprint density at radius 2 is 2.30 bits per heavy atom. The number of nitrogens with one attached hydrogen (secondary N) is 1. The summed E-state index contributed by atoms with van der Waals surface area (Å²) in [6, 6.07) is 1.46. The number of pyridine rings is 1. The minimum Gasteiger partial charge on any atom is -0.478 e. The van der Waals surface area contributed by atoms with Crippen LogP contribution < -0.4 is 16.0 Å². The van der Waals surface area contributed by atoms with Crippen LogP contribution in [-0.4, -0.2) is 42.1 Å². The lowest BCUT2D eigenvalue weighted by Crippen LogP contribution is -2.42. The van der Waals surface area contributed by atoms with Crippen LogP contribution in [0.4, 0.5) is 11.5 Å². The van der Waals surface area contributed by atoms with Crippen LogP contribution in [0.2, 0.25) is 0 Å². The Morgan fingerprint density at radius 1 is 1.55 bits per heavy atom. The van der Waals surface area contributed by atoms with Crippen molar-refractivity contribution in [3.8, 4) is 0 Å². The number of aromatic carboxylic acids is 1. The van der Waals surface area contributed by atoms with Crippen molar-refractivity contribution in [1.29, 1.82) is 0 Å². The molecule has 1 unspecified atom stereocenters. The number of carbonyl (C=O) groups is 2. The van der Waals surface area contributed by atoms with E-state index in [1.165, 1.54) is 12.3 Å². The molecule has 1 aliphatic rings. The number of nitrogens with two attached hydrogens (primary N) is 1. The van der Waals surface area contributed by atoms with Crippen LogP contribution in [0.1, 0.15) is 23.2 Å². The smallest absolute Gasteiger partial charge is 0.337 e. The lowest BCUT2D eigenvalue weighted by molar-refractivity contribution is -0.124. The highest BCUT2D eigenvalue weighted by atomic mass is 16.4. The van der Waals surface area contributed by atoms with Crippen LogP contribution in [0.25, 0.3) is 0 Å². The van der Waals surface area contributed by atoms with Crippen molar-refractivity contribution in [2.24, 2.45) is 5.92 Å². The maximum absolute atomic E-state index is 11.7. The molecule has 20 heavy (non-hydrogen) atoms. The number of carboxylic acid groups (broad SMARTS) is 1. The second-order valence-corrected chi connectivity index (χ2v) is 4.83. The average molecular weight is 278 g/mol. The minimum atomic E-state index is -1.08. The zero-order chi connectivity index (χ0) is 14.7. The van der Waals surface area contributed by atoms with Crippen molar-refractivity contribution < 1.29 is 14.7 Å². The Labute approximate surface area is 116 Å². The molecule has 1 atom stereocenters. The fourth-order valence-electron chi connectivity index (χ4n) is 2.42. The maximum Gasteiger partial charge on any atom is 0.337 e. The van der Waals surface area contributed by atoms with Gasteiger partial charge in [-0.25, -0.2) is 9.78 Å². The molecule has 4 N–H and O–H groups in total. The monoisotopic (exact) mass is 278 g/mol. The lowest BCUT2D eigenvalue weighted by Gasteiger charge is -2.32. The van der Waals surface area contributed by atoms with Crippen LogP contribution in [-0.2, 0) is 4.79 Å². The normalized spacial score (nSPS) is 18.6. The van der Waals surface area contributed by atoms with Crippen molar-refractivity contribution in [1.82, 2.24) is 10.3 Å². The molecule has 0 saturated carbocycles. The first-order valence-electron chi connectivity index (χ1n) is 6.48. The van der Waals surface area contributed by atoms with E-state index in [2.05, 4.69) is 10.3 Å². The molecule has 1 fully saturated rings. The summed E-state index contributed by atoms with van der Waals surface area (Å²) in [5.41, 5.74) is 5.77. The molecule has 7 heteroatoms. The van der Waals surface area contributed by atoms with Crippen molar-refractivity contribution in [3.63, 3.8) is 0 Å². The highest BCUT2D eigenvalue weighted by Gasteiger charge is 2.26. The first kappa shape index (κ1) is 14.1. The Bertz CT molecular complexity index is 532. The van der Waals surface area contributed by atoms with Gasteiger partial charge in [-0.15, -0.1) is 0 Å². The van der Waals surface area contributed by atoms with Gasteiger partial charge in [-0.05, 0) is 18.9 Å². The van der Waals surface area contributed by atoms with Gasteiger partial charge in [0, 0.05) is 20.1 Å². The number of anilines is 2. The van der Waals surface area contributed by atoms with E-state index in [9.17, 15) is 9.59 Å². The molecule has 1 amide bonds. The van der Waals surface area contributed by atoms with Crippen LogP contribution in [0, 0.1) is 5.92 Å². The molecule has 108 valence electrons. The lowest BCUT2D eigenvalue weighted by atomic mass is 9.97. The summed E-state index contributed by atoms with van der Waals surface area (Å²) in [4.78, 5) is 28.9. The zero-order valence-electron chi connectivity index (χ0n) is 11.3. The summed E-state index contributed by atoms with van der Waals surface area (Å²) in [6.07, 6.45) is 3.05. The molecule has 0 aliphatic carbocycles. The molecule has 0 spiro atoms. The van der Waals surface area contributed by atoms with Gasteiger partial charge in [0.2, 0.25) is 5.91 Å². The first-order chi connectivity index (χ1) is 9.52. The van der Waals surface area contributed by atoms with Gasteiger partial charge >= 0.3 is 5.97 Å². The van der Waals surface area contributed by atoms with E-state index in [0.717, 1.165) is 19.4 Å². The molecule has 0 radical (unpaired) electrons. The second kappa shape index (κ2) is 5.77. The molecule has 1 saturated heterocycles. The fourth-order valence-corrected chi connectivity index (χ4v) is 2.42. The maximum atomic E-state index is 11.7. The molecule has 2 heterocycles. The van der Waals surface area contributed by atoms with Gasteiger partial charge in [0.15, 0.2) is 0 Å². The van der Waals surface area contributed by atoms with Crippen molar-refractivity contribution in [3.05, 3.63) is 17.8 Å². The number of carbonyl (C=O) groups excluding carboxylic acids is 1. The summed E-state index contributed by atoms with van der Waals surface area (Å²) in [7, 11) is 1.62. The molecular formula is C13H18N4O3. The summed E-state index contributed by atoms with van der Waals surface area (Å²) in [5, 5.41) is 11.7. The number of hydrogen-bond donors (Lipinski definition) is 3. The molecular weight excluding hydrogens is 260 g/mol. The molecule has 0 bridgehead atoms. The van der Waals surface area contributed by atoms with Gasteiger partial charge in [0.05, 0.1) is 23.4 Å². The quantitative estimate of drug-likeness (QED) is 0.735. The predicted octanol–water partition coefficient (Wildman–Crippen LogP) is 0.324. The predicted molar refractivity (Wildman–Crippen MR) is 74.6 cm³/mol. The molecule has 7 nitrogen and oxygen atoms in total. The Balaban J connectivity index is 2.21. The topological polar surface area (TPSA) is 109 Å². The van der Waals surface area contributed by atoms with E-state index in [4.69, 9.17) is 10.8 Å². The van der Waals surface area contributed by atoms with E-state index < -0.39 is 5.97 Å². The summed E-state index contributed by atoms with van der Waals surface area (Å²) in [6.45, 7) is 1.29. The van der Waals surface area contributed by atoms with E-state index >= 15 is 0 Å². The van der Waals surface area contributed by atoms with E-state index in [-0.39, 0.29) is 23.1 Å². The Hall–Kier alpha value is -2.31. The Morgan fingerprint density at radius 3 is 2.95 bits per heavy atom. The number of amides is 1. The molecule has 1 aliphatic heterocycles. The number of carboxylic acids is 1. The SMILES string of the molecule is CNC(=O)C1CCCN(c2cc(C(=O)O)c(N)cn2)C1. The van der Waals surface area contributed by atoms with Crippen molar-refractivity contribution in [2.75, 3.05) is 30.8 Å². The molecule has 1 aromatic rings. The van der Waals surface area contributed by atoms with Gasteiger partial charge in [0.1, 0.15) is 5.82 Å². The van der Waals surface area contributed by atoms with Crippen LogP contribution in [0.15, 0.2) is 12.3 Å². The number of aromatic nitrogens is 1. The third-order valence-corrected chi connectivity index (χ3v) is 3.51. The Kier molecular flexibility index (Phi) is 4.07. The van der Waals surface area contributed by atoms with Crippen LogP contribution in [0.5, 0.6) is 0 Å². The summed E-state index contributed by atoms with van der Waals surface area (Å²) in [5.74, 6) is -0.624. The number of hydrogen-bond acceptors (Lipinski definition) is 5. The van der Waals surface area contributed by atoms with Crippen molar-refractivity contribution in [2.45, 2.75) is 12.8 Å². The van der Waals surface area contributed by atoms with E-state index in [1.54, 1.807) is 7.05 Å². The van der Waals surface area contributed by atoms with Gasteiger partial charge in [-0.2, -0.15) is 0 Å². The number of piperidine rings is 1. The highest BCUT2D eigenvalue weighted by molar-refractivity contribution is 5.94. The molecule has 2 rings (SSSR count). The van der Waals surface area contributed by atoms with E-state index in [0.29, 0.717) is 12.4 Å². The van der Waals surface area contributed by atoms with Crippen LogP contribution in [0.3, 0.4) is 0 Å². The standard InChI is InChI=1S/C13H18N4O3/c1-15-12(18)8-3-2-4-17(7-8)11-5-9(13(19)20)10(14)6-16-11/h5-6,8H,2-4,7,14H2,1H3,(H,15,18)(H,19,20). The molecule has 0 aromatic carbocycles. The van der Waals surface area contributed by atoms with Crippen LogP contribution >= 0.6 is 0 Å². The van der Waals surface area contributed by atoms with Gasteiger partial charge in [-0.1, -0.05) is 0 Å². The fraction of sp³-hybridized carbons (Fsp3) is 0.462. The minimum absolute atomic E-state index is 0.00334. The van der Waals surface area contributed by atoms with Gasteiger partial charge in [-0.3, -0.25) is 4.79 Å². The van der Waals surface area contributed by atoms with Gasteiger partial charge < -0.3 is 21.1 Å². The highest BCUT2D eigenvalue weighted by Crippen LogP contribution is 2.24. The number of rotatable bonds is 3. The summed E-state index contributed by atoms with van der Waals surface area (Å²) >= 11 is 0. The zero-order valence-corrected chi connectivity index (χ0v) is 11.3. The largest absolute Gasteiger partial charge is 0.478 e. The second-order valence-electron chi connectivity index (χ2n) is 4.83.